The highest BCUT2D eigenvalue weighted by Gasteiger charge is 2.10. The van der Waals surface area contributed by atoms with Crippen LogP contribution in [0.5, 0.6) is 0 Å². The van der Waals surface area contributed by atoms with E-state index in [4.69, 9.17) is 0 Å². The first kappa shape index (κ1) is 11.9. The first-order chi connectivity index (χ1) is 8.15. The molecule has 2 heterocycles. The SMILES string of the molecule is C=CC(=CC)c1nc(-c2ccc(C)s2)cn1C. The van der Waals surface area contributed by atoms with Crippen molar-refractivity contribution in [2.45, 2.75) is 13.8 Å². The zero-order chi connectivity index (χ0) is 12.4. The molecule has 17 heavy (non-hydrogen) atoms. The summed E-state index contributed by atoms with van der Waals surface area (Å²) in [6.07, 6.45) is 5.93. The number of thiophene rings is 1. The Morgan fingerprint density at radius 1 is 1.47 bits per heavy atom. The smallest absolute Gasteiger partial charge is 0.140 e. The van der Waals surface area contributed by atoms with Gasteiger partial charge in [-0.3, -0.25) is 0 Å². The summed E-state index contributed by atoms with van der Waals surface area (Å²) in [6.45, 7) is 7.93. The van der Waals surface area contributed by atoms with Crippen molar-refractivity contribution in [1.29, 1.82) is 0 Å². The van der Waals surface area contributed by atoms with Gasteiger partial charge in [0.2, 0.25) is 0 Å². The molecule has 0 bridgehead atoms. The molecule has 0 fully saturated rings. The average Bonchev–Trinajstić information content (AvgIpc) is 2.88. The molecule has 2 nitrogen and oxygen atoms in total. The Kier molecular flexibility index (Phi) is 3.29. The molecule has 2 aromatic rings. The number of aryl methyl sites for hydroxylation is 2. The second kappa shape index (κ2) is 4.72. The van der Waals surface area contributed by atoms with Gasteiger partial charge in [-0.25, -0.2) is 4.98 Å². The molecule has 0 atom stereocenters. The van der Waals surface area contributed by atoms with Crippen molar-refractivity contribution in [3.05, 3.63) is 47.8 Å². The lowest BCUT2D eigenvalue weighted by atomic mass is 10.2. The summed E-state index contributed by atoms with van der Waals surface area (Å²) in [5, 5.41) is 0. The molecule has 0 amide bonds. The quantitative estimate of drug-likeness (QED) is 0.745. The number of hydrogen-bond acceptors (Lipinski definition) is 2. The minimum atomic E-state index is 0.962. The van der Waals surface area contributed by atoms with E-state index in [2.05, 4.69) is 36.8 Å². The largest absolute Gasteiger partial charge is 0.333 e. The maximum Gasteiger partial charge on any atom is 0.140 e. The van der Waals surface area contributed by atoms with Crippen molar-refractivity contribution >= 4 is 16.9 Å². The summed E-state index contributed by atoms with van der Waals surface area (Å²) in [6, 6.07) is 4.24. The zero-order valence-corrected chi connectivity index (χ0v) is 11.2. The molecule has 0 spiro atoms. The summed E-state index contributed by atoms with van der Waals surface area (Å²) in [7, 11) is 2.01. The second-order valence-electron chi connectivity index (χ2n) is 3.92. The summed E-state index contributed by atoms with van der Waals surface area (Å²) in [5.74, 6) is 0.962. The summed E-state index contributed by atoms with van der Waals surface area (Å²) in [4.78, 5) is 7.19. The van der Waals surface area contributed by atoms with Gasteiger partial charge in [-0.2, -0.15) is 0 Å². The van der Waals surface area contributed by atoms with Crippen LogP contribution < -0.4 is 0 Å². The van der Waals surface area contributed by atoms with Crippen LogP contribution >= 0.6 is 11.3 Å². The highest BCUT2D eigenvalue weighted by atomic mass is 32.1. The standard InChI is InChI=1S/C14H16N2S/c1-5-11(6-2)14-15-12(9-16(14)4)13-8-7-10(3)17-13/h5-9H,1H2,2-4H3. The first-order valence-corrected chi connectivity index (χ1v) is 6.36. The Bertz CT molecular complexity index is 573. The van der Waals surface area contributed by atoms with Gasteiger partial charge >= 0.3 is 0 Å². The van der Waals surface area contributed by atoms with Crippen LogP contribution in [-0.4, -0.2) is 9.55 Å². The molecule has 0 radical (unpaired) electrons. The van der Waals surface area contributed by atoms with Gasteiger partial charge in [0.1, 0.15) is 5.82 Å². The van der Waals surface area contributed by atoms with Crippen molar-refractivity contribution in [2.24, 2.45) is 7.05 Å². The zero-order valence-electron chi connectivity index (χ0n) is 10.4. The number of hydrogen-bond donors (Lipinski definition) is 0. The van der Waals surface area contributed by atoms with E-state index < -0.39 is 0 Å². The first-order valence-electron chi connectivity index (χ1n) is 5.55. The summed E-state index contributed by atoms with van der Waals surface area (Å²) < 4.78 is 2.04. The van der Waals surface area contributed by atoms with Crippen molar-refractivity contribution in [3.63, 3.8) is 0 Å². The molecule has 88 valence electrons. The van der Waals surface area contributed by atoms with E-state index in [0.717, 1.165) is 17.1 Å². The van der Waals surface area contributed by atoms with E-state index >= 15 is 0 Å². The van der Waals surface area contributed by atoms with Gasteiger partial charge in [-0.05, 0) is 26.0 Å². The molecular formula is C14H16N2S. The molecule has 0 saturated heterocycles. The van der Waals surface area contributed by atoms with E-state index in [1.807, 2.05) is 30.7 Å². The molecule has 0 aliphatic rings. The number of allylic oxidation sites excluding steroid dienone is 3. The Morgan fingerprint density at radius 2 is 2.24 bits per heavy atom. The maximum absolute atomic E-state index is 4.67. The molecule has 2 rings (SSSR count). The lowest BCUT2D eigenvalue weighted by molar-refractivity contribution is 0.892. The van der Waals surface area contributed by atoms with Crippen molar-refractivity contribution in [2.75, 3.05) is 0 Å². The average molecular weight is 244 g/mol. The van der Waals surface area contributed by atoms with E-state index in [-0.39, 0.29) is 0 Å². The molecule has 0 aromatic carbocycles. The maximum atomic E-state index is 4.67. The van der Waals surface area contributed by atoms with Gasteiger partial charge in [0, 0.05) is 23.7 Å². The minimum Gasteiger partial charge on any atom is -0.333 e. The fraction of sp³-hybridized carbons (Fsp3) is 0.214. The normalized spacial score (nSPS) is 11.8. The number of aromatic nitrogens is 2. The third kappa shape index (κ3) is 2.24. The molecule has 2 aromatic heterocycles. The van der Waals surface area contributed by atoms with Gasteiger partial charge in [0.15, 0.2) is 0 Å². The Balaban J connectivity index is 2.47. The Morgan fingerprint density at radius 3 is 2.76 bits per heavy atom. The highest BCUT2D eigenvalue weighted by molar-refractivity contribution is 7.15. The molecule has 0 aliphatic carbocycles. The minimum absolute atomic E-state index is 0.962. The third-order valence-electron chi connectivity index (χ3n) is 2.66. The number of rotatable bonds is 3. The molecule has 0 aliphatic heterocycles. The predicted molar refractivity (Wildman–Crippen MR) is 75.1 cm³/mol. The topological polar surface area (TPSA) is 17.8 Å². The summed E-state index contributed by atoms with van der Waals surface area (Å²) >= 11 is 1.77. The monoisotopic (exact) mass is 244 g/mol. The van der Waals surface area contributed by atoms with Crippen LogP contribution in [0.4, 0.5) is 0 Å². The third-order valence-corrected chi connectivity index (χ3v) is 3.68. The van der Waals surface area contributed by atoms with Crippen LogP contribution in [0.1, 0.15) is 17.6 Å². The van der Waals surface area contributed by atoms with Gasteiger partial charge in [0.05, 0.1) is 10.6 Å². The predicted octanol–water partition coefficient (Wildman–Crippen LogP) is 4.05. The Labute approximate surface area is 106 Å². The fourth-order valence-electron chi connectivity index (χ4n) is 1.76. The lowest BCUT2D eigenvalue weighted by Gasteiger charge is -1.99. The lowest BCUT2D eigenvalue weighted by Crippen LogP contribution is -1.93. The number of nitrogens with zero attached hydrogens (tertiary/aromatic N) is 2. The van der Waals surface area contributed by atoms with Crippen LogP contribution in [-0.2, 0) is 7.05 Å². The van der Waals surface area contributed by atoms with E-state index in [1.54, 1.807) is 11.3 Å². The fourth-order valence-corrected chi connectivity index (χ4v) is 2.59. The van der Waals surface area contributed by atoms with Gasteiger partial charge in [-0.1, -0.05) is 18.7 Å². The van der Waals surface area contributed by atoms with Crippen LogP contribution in [0.15, 0.2) is 37.1 Å². The van der Waals surface area contributed by atoms with Gasteiger partial charge < -0.3 is 4.57 Å². The van der Waals surface area contributed by atoms with E-state index in [9.17, 15) is 0 Å². The van der Waals surface area contributed by atoms with Crippen molar-refractivity contribution < 1.29 is 0 Å². The van der Waals surface area contributed by atoms with E-state index in [0.29, 0.717) is 0 Å². The number of imidazole rings is 1. The van der Waals surface area contributed by atoms with Crippen LogP contribution in [0.3, 0.4) is 0 Å². The molecular weight excluding hydrogens is 228 g/mol. The Hall–Kier alpha value is -1.61. The van der Waals surface area contributed by atoms with Crippen molar-refractivity contribution in [3.8, 4) is 10.6 Å². The molecule has 0 saturated carbocycles. The van der Waals surface area contributed by atoms with Crippen LogP contribution in [0, 0.1) is 6.92 Å². The highest BCUT2D eigenvalue weighted by Crippen LogP contribution is 2.28. The molecule has 3 heteroatoms. The van der Waals surface area contributed by atoms with Crippen LogP contribution in [0.2, 0.25) is 0 Å². The van der Waals surface area contributed by atoms with Crippen LogP contribution in [0.25, 0.3) is 16.1 Å². The summed E-state index contributed by atoms with van der Waals surface area (Å²) in [5.41, 5.74) is 2.09. The van der Waals surface area contributed by atoms with E-state index in [1.165, 1.54) is 9.75 Å². The van der Waals surface area contributed by atoms with Gasteiger partial charge in [-0.15, -0.1) is 11.3 Å². The second-order valence-corrected chi connectivity index (χ2v) is 5.21. The van der Waals surface area contributed by atoms with Gasteiger partial charge in [0.25, 0.3) is 0 Å². The molecule has 0 unspecified atom stereocenters. The van der Waals surface area contributed by atoms with Crippen molar-refractivity contribution in [1.82, 2.24) is 9.55 Å². The molecule has 0 N–H and O–H groups in total.